The standard InChI is InChI=1S/C16H25NO/c1-13(2)17-9-11-18-10-8-14-6-7-15-4-3-5-16(15)12-14/h6-7,12-13,17H,3-5,8-11H2,1-2H3. The summed E-state index contributed by atoms with van der Waals surface area (Å²) in [5, 5.41) is 3.35. The first-order valence-corrected chi connectivity index (χ1v) is 7.17. The van der Waals surface area contributed by atoms with Gasteiger partial charge in [0.15, 0.2) is 0 Å². The van der Waals surface area contributed by atoms with Gasteiger partial charge in [0, 0.05) is 12.6 Å². The first-order valence-electron chi connectivity index (χ1n) is 7.17. The summed E-state index contributed by atoms with van der Waals surface area (Å²) in [5.41, 5.74) is 4.54. The summed E-state index contributed by atoms with van der Waals surface area (Å²) in [4.78, 5) is 0. The van der Waals surface area contributed by atoms with Crippen LogP contribution in [0.25, 0.3) is 0 Å². The van der Waals surface area contributed by atoms with Crippen LogP contribution < -0.4 is 5.32 Å². The largest absolute Gasteiger partial charge is 0.380 e. The van der Waals surface area contributed by atoms with Crippen molar-refractivity contribution >= 4 is 0 Å². The maximum Gasteiger partial charge on any atom is 0.0591 e. The summed E-state index contributed by atoms with van der Waals surface area (Å²) in [6.07, 6.45) is 4.90. The number of ether oxygens (including phenoxy) is 1. The summed E-state index contributed by atoms with van der Waals surface area (Å²) in [5.74, 6) is 0. The van der Waals surface area contributed by atoms with Crippen molar-refractivity contribution in [2.45, 2.75) is 45.6 Å². The van der Waals surface area contributed by atoms with Gasteiger partial charge in [0.1, 0.15) is 0 Å². The molecule has 1 aliphatic rings. The van der Waals surface area contributed by atoms with Crippen molar-refractivity contribution in [3.63, 3.8) is 0 Å². The van der Waals surface area contributed by atoms with Gasteiger partial charge in [-0.15, -0.1) is 0 Å². The lowest BCUT2D eigenvalue weighted by Gasteiger charge is -2.09. The molecule has 0 radical (unpaired) electrons. The van der Waals surface area contributed by atoms with E-state index < -0.39 is 0 Å². The predicted molar refractivity (Wildman–Crippen MR) is 76.1 cm³/mol. The van der Waals surface area contributed by atoms with Gasteiger partial charge < -0.3 is 10.1 Å². The molecular weight excluding hydrogens is 222 g/mol. The Kier molecular flexibility index (Phi) is 5.21. The molecule has 0 bridgehead atoms. The Bertz CT molecular complexity index is 373. The van der Waals surface area contributed by atoms with Crippen molar-refractivity contribution in [1.82, 2.24) is 5.32 Å². The minimum Gasteiger partial charge on any atom is -0.380 e. The van der Waals surface area contributed by atoms with Gasteiger partial charge in [0.2, 0.25) is 0 Å². The van der Waals surface area contributed by atoms with Crippen molar-refractivity contribution in [1.29, 1.82) is 0 Å². The van der Waals surface area contributed by atoms with Gasteiger partial charge >= 0.3 is 0 Å². The molecule has 0 saturated carbocycles. The third-order valence-electron chi connectivity index (χ3n) is 3.50. The van der Waals surface area contributed by atoms with Crippen molar-refractivity contribution in [3.8, 4) is 0 Å². The maximum atomic E-state index is 5.64. The van der Waals surface area contributed by atoms with Crippen LogP contribution in [-0.2, 0) is 24.0 Å². The molecule has 0 spiro atoms. The van der Waals surface area contributed by atoms with E-state index in [9.17, 15) is 0 Å². The average molecular weight is 247 g/mol. The number of nitrogens with one attached hydrogen (secondary N) is 1. The van der Waals surface area contributed by atoms with E-state index in [-0.39, 0.29) is 0 Å². The van der Waals surface area contributed by atoms with Crippen molar-refractivity contribution in [3.05, 3.63) is 34.9 Å². The Morgan fingerprint density at radius 3 is 2.83 bits per heavy atom. The molecule has 0 atom stereocenters. The zero-order valence-electron chi connectivity index (χ0n) is 11.7. The lowest BCUT2D eigenvalue weighted by atomic mass is 10.0. The molecular formula is C16H25NO. The van der Waals surface area contributed by atoms with Crippen LogP contribution in [0.3, 0.4) is 0 Å². The molecule has 0 heterocycles. The Balaban J connectivity index is 1.65. The fourth-order valence-electron chi connectivity index (χ4n) is 2.49. The number of hydrogen-bond donors (Lipinski definition) is 1. The fourth-order valence-corrected chi connectivity index (χ4v) is 2.49. The Labute approximate surface area is 111 Å². The minimum atomic E-state index is 0.547. The van der Waals surface area contributed by atoms with Crippen molar-refractivity contribution in [2.24, 2.45) is 0 Å². The van der Waals surface area contributed by atoms with Gasteiger partial charge in [-0.25, -0.2) is 0 Å². The molecule has 2 nitrogen and oxygen atoms in total. The van der Waals surface area contributed by atoms with Crippen molar-refractivity contribution < 1.29 is 4.74 Å². The topological polar surface area (TPSA) is 21.3 Å². The van der Waals surface area contributed by atoms with Crippen LogP contribution in [0.2, 0.25) is 0 Å². The highest BCUT2D eigenvalue weighted by atomic mass is 16.5. The summed E-state index contributed by atoms with van der Waals surface area (Å²) in [6.45, 7) is 6.90. The van der Waals surface area contributed by atoms with E-state index in [1.165, 1.54) is 24.8 Å². The molecule has 18 heavy (non-hydrogen) atoms. The van der Waals surface area contributed by atoms with Gasteiger partial charge in [0.25, 0.3) is 0 Å². The Morgan fingerprint density at radius 1 is 1.17 bits per heavy atom. The maximum absolute atomic E-state index is 5.64. The second-order valence-corrected chi connectivity index (χ2v) is 5.43. The SMILES string of the molecule is CC(C)NCCOCCc1ccc2c(c1)CCC2. The zero-order valence-corrected chi connectivity index (χ0v) is 11.7. The van der Waals surface area contributed by atoms with Gasteiger partial charge in [-0.3, -0.25) is 0 Å². The smallest absolute Gasteiger partial charge is 0.0591 e. The normalized spacial score (nSPS) is 14.2. The predicted octanol–water partition coefficient (Wildman–Crippen LogP) is 2.73. The lowest BCUT2D eigenvalue weighted by Crippen LogP contribution is -2.26. The van der Waals surface area contributed by atoms with Crippen LogP contribution in [0.5, 0.6) is 0 Å². The first-order chi connectivity index (χ1) is 8.75. The highest BCUT2D eigenvalue weighted by Gasteiger charge is 2.10. The number of rotatable bonds is 7. The Morgan fingerprint density at radius 2 is 2.00 bits per heavy atom. The van der Waals surface area contributed by atoms with E-state index >= 15 is 0 Å². The molecule has 1 aromatic rings. The molecule has 0 aromatic heterocycles. The zero-order chi connectivity index (χ0) is 12.8. The van der Waals surface area contributed by atoms with Crippen LogP contribution in [0.1, 0.15) is 37.0 Å². The molecule has 2 heteroatoms. The monoisotopic (exact) mass is 247 g/mol. The molecule has 0 unspecified atom stereocenters. The molecule has 0 fully saturated rings. The van der Waals surface area contributed by atoms with E-state index in [0.29, 0.717) is 6.04 Å². The third-order valence-corrected chi connectivity index (χ3v) is 3.50. The van der Waals surface area contributed by atoms with Gasteiger partial charge in [-0.1, -0.05) is 32.0 Å². The molecule has 1 N–H and O–H groups in total. The molecule has 1 aromatic carbocycles. The highest BCUT2D eigenvalue weighted by molar-refractivity contribution is 5.35. The Hall–Kier alpha value is -0.860. The highest BCUT2D eigenvalue weighted by Crippen LogP contribution is 2.22. The van der Waals surface area contributed by atoms with Gasteiger partial charge in [-0.05, 0) is 42.4 Å². The molecule has 1 aliphatic carbocycles. The molecule has 0 aliphatic heterocycles. The minimum absolute atomic E-state index is 0.547. The summed E-state index contributed by atoms with van der Waals surface area (Å²) in [7, 11) is 0. The van der Waals surface area contributed by atoms with Crippen molar-refractivity contribution in [2.75, 3.05) is 19.8 Å². The van der Waals surface area contributed by atoms with E-state index in [4.69, 9.17) is 4.74 Å². The second kappa shape index (κ2) is 6.91. The van der Waals surface area contributed by atoms with E-state index in [2.05, 4.69) is 37.4 Å². The van der Waals surface area contributed by atoms with Gasteiger partial charge in [-0.2, -0.15) is 0 Å². The number of fused-ring (bicyclic) bond motifs is 1. The number of hydrogen-bond acceptors (Lipinski definition) is 2. The van der Waals surface area contributed by atoms with Gasteiger partial charge in [0.05, 0.1) is 13.2 Å². The second-order valence-electron chi connectivity index (χ2n) is 5.43. The third kappa shape index (κ3) is 4.11. The fraction of sp³-hybridized carbons (Fsp3) is 0.625. The number of benzene rings is 1. The molecule has 100 valence electrons. The van der Waals surface area contributed by atoms with E-state index in [1.54, 1.807) is 11.1 Å². The quantitative estimate of drug-likeness (QED) is 0.748. The first kappa shape index (κ1) is 13.6. The van der Waals surface area contributed by atoms with Crippen LogP contribution in [-0.4, -0.2) is 25.8 Å². The van der Waals surface area contributed by atoms with E-state index in [1.807, 2.05) is 0 Å². The summed E-state index contributed by atoms with van der Waals surface area (Å²) >= 11 is 0. The summed E-state index contributed by atoms with van der Waals surface area (Å²) < 4.78 is 5.64. The average Bonchev–Trinajstić information content (AvgIpc) is 2.80. The molecule has 0 saturated heterocycles. The van der Waals surface area contributed by atoms with Crippen LogP contribution >= 0.6 is 0 Å². The lowest BCUT2D eigenvalue weighted by molar-refractivity contribution is 0.137. The van der Waals surface area contributed by atoms with Crippen LogP contribution in [0.4, 0.5) is 0 Å². The molecule has 2 rings (SSSR count). The summed E-state index contributed by atoms with van der Waals surface area (Å²) in [6, 6.07) is 7.49. The molecule has 0 amide bonds. The number of aryl methyl sites for hydroxylation is 2. The van der Waals surface area contributed by atoms with Crippen LogP contribution in [0.15, 0.2) is 18.2 Å². The van der Waals surface area contributed by atoms with E-state index in [0.717, 1.165) is 26.2 Å². The van der Waals surface area contributed by atoms with Crippen LogP contribution in [0, 0.1) is 0 Å².